The van der Waals surface area contributed by atoms with E-state index >= 15 is 0 Å². The first-order chi connectivity index (χ1) is 24.9. The van der Waals surface area contributed by atoms with Crippen LogP contribution in [0.15, 0.2) is 54.6 Å². The molecule has 1 aromatic heterocycles. The Kier molecular flexibility index (Phi) is 10.9. The normalized spacial score (nSPS) is 25.4. The fourth-order valence-electron chi connectivity index (χ4n) is 7.51. The summed E-state index contributed by atoms with van der Waals surface area (Å²) in [5.74, 6) is -0.177. The minimum absolute atomic E-state index is 0.0372. The van der Waals surface area contributed by atoms with Crippen molar-refractivity contribution in [2.24, 2.45) is 5.92 Å². The molecular weight excluding hydrogens is 664 g/mol. The molecule has 2 N–H and O–H groups in total. The Morgan fingerprint density at radius 1 is 0.962 bits per heavy atom. The maximum absolute atomic E-state index is 14.5. The summed E-state index contributed by atoms with van der Waals surface area (Å²) in [4.78, 5) is 61.3. The molecule has 6 rings (SSSR count). The smallest absolute Gasteiger partial charge is 0.408 e. The number of nitrogens with zero attached hydrogens (tertiary/aromatic N) is 2. The maximum Gasteiger partial charge on any atom is 0.408 e. The van der Waals surface area contributed by atoms with E-state index in [0.717, 1.165) is 43.1 Å². The summed E-state index contributed by atoms with van der Waals surface area (Å²) in [6.07, 6.45) is 4.97. The fourth-order valence-corrected chi connectivity index (χ4v) is 7.51. The standard InChI is InChI=1S/C40H50N4O8/c1-39(2,3)52-38(48)42-30-17-13-8-6-7-12-16-26-23-40(26,37(47)50-5)43-35(45)33-21-28(24-44(33)36(30)46)51-34-22-31(25-14-10-9-11-15-25)41-32-20-27(49-4)18-19-29(32)34/h9-11,14-15,18-20,22,26,28,30,33H,6-8,12-13,16-17,21,23-24H2,1-5H3,(H,42,48)(H,43,45)/t26-,28+,30-,33-,40+/m0/s1. The lowest BCUT2D eigenvalue weighted by atomic mass is 10.0. The van der Waals surface area contributed by atoms with Crippen LogP contribution in [0.2, 0.25) is 0 Å². The molecular formula is C40H50N4O8. The van der Waals surface area contributed by atoms with E-state index in [2.05, 4.69) is 10.6 Å². The van der Waals surface area contributed by atoms with Gasteiger partial charge in [0, 0.05) is 29.5 Å². The molecule has 2 aromatic carbocycles. The number of hydrogen-bond donors (Lipinski definition) is 2. The molecule has 52 heavy (non-hydrogen) atoms. The second-order valence-electron chi connectivity index (χ2n) is 15.1. The van der Waals surface area contributed by atoms with E-state index in [9.17, 15) is 19.2 Å². The zero-order chi connectivity index (χ0) is 37.0. The first kappa shape index (κ1) is 36.9. The van der Waals surface area contributed by atoms with E-state index < -0.39 is 53.2 Å². The zero-order valence-electron chi connectivity index (χ0n) is 30.7. The summed E-state index contributed by atoms with van der Waals surface area (Å²) in [7, 11) is 2.93. The van der Waals surface area contributed by atoms with Crippen LogP contribution in [0.4, 0.5) is 4.79 Å². The van der Waals surface area contributed by atoms with Crippen molar-refractivity contribution in [1.82, 2.24) is 20.5 Å². The van der Waals surface area contributed by atoms with Gasteiger partial charge in [0.05, 0.1) is 32.0 Å². The number of carbonyl (C=O) groups excluding carboxylic acids is 4. The molecule has 0 bridgehead atoms. The molecule has 1 saturated carbocycles. The van der Waals surface area contributed by atoms with Gasteiger partial charge in [-0.3, -0.25) is 9.59 Å². The van der Waals surface area contributed by atoms with Gasteiger partial charge in [-0.2, -0.15) is 0 Å². The number of aromatic nitrogens is 1. The summed E-state index contributed by atoms with van der Waals surface area (Å²) in [6, 6.07) is 15.3. The zero-order valence-corrected chi connectivity index (χ0v) is 30.7. The summed E-state index contributed by atoms with van der Waals surface area (Å²) in [5.41, 5.74) is 0.367. The molecule has 0 unspecified atom stereocenters. The van der Waals surface area contributed by atoms with Crippen molar-refractivity contribution in [1.29, 1.82) is 0 Å². The third-order valence-electron chi connectivity index (χ3n) is 10.2. The van der Waals surface area contributed by atoms with Crippen LogP contribution >= 0.6 is 0 Å². The van der Waals surface area contributed by atoms with E-state index in [1.54, 1.807) is 27.9 Å². The van der Waals surface area contributed by atoms with Crippen molar-refractivity contribution >= 4 is 34.8 Å². The lowest BCUT2D eigenvalue weighted by Gasteiger charge is -2.30. The van der Waals surface area contributed by atoms with Crippen LogP contribution in [-0.4, -0.2) is 83.9 Å². The summed E-state index contributed by atoms with van der Waals surface area (Å²) < 4.78 is 22.9. The minimum atomic E-state index is -1.13. The highest BCUT2D eigenvalue weighted by Gasteiger charge is 2.62. The Hall–Kier alpha value is -4.87. The van der Waals surface area contributed by atoms with E-state index in [4.69, 9.17) is 23.9 Å². The minimum Gasteiger partial charge on any atom is -0.497 e. The fraction of sp³-hybridized carbons (Fsp3) is 0.525. The number of nitrogens with one attached hydrogen (secondary N) is 2. The number of hydrogen-bond acceptors (Lipinski definition) is 9. The first-order valence-electron chi connectivity index (χ1n) is 18.3. The molecule has 5 atom stereocenters. The van der Waals surface area contributed by atoms with Crippen LogP contribution in [0.25, 0.3) is 22.2 Å². The monoisotopic (exact) mass is 714 g/mol. The molecule has 0 radical (unpaired) electrons. The third-order valence-corrected chi connectivity index (χ3v) is 10.2. The molecule has 2 saturated heterocycles. The number of esters is 1. The van der Waals surface area contributed by atoms with Gasteiger partial charge in [0.15, 0.2) is 0 Å². The Labute approximate surface area is 304 Å². The van der Waals surface area contributed by atoms with Crippen LogP contribution in [0.1, 0.15) is 78.6 Å². The van der Waals surface area contributed by atoms with E-state index in [1.165, 1.54) is 12.0 Å². The second-order valence-corrected chi connectivity index (χ2v) is 15.1. The van der Waals surface area contributed by atoms with Gasteiger partial charge in [0.2, 0.25) is 11.8 Å². The lowest BCUT2D eigenvalue weighted by molar-refractivity contribution is -0.148. The highest BCUT2D eigenvalue weighted by molar-refractivity contribution is 5.96. The van der Waals surface area contributed by atoms with Gasteiger partial charge in [0.1, 0.15) is 40.8 Å². The molecule has 0 spiro atoms. The Bertz CT molecular complexity index is 1790. The summed E-state index contributed by atoms with van der Waals surface area (Å²) in [5, 5.41) is 6.57. The number of ether oxygens (including phenoxy) is 4. The second kappa shape index (κ2) is 15.4. The third kappa shape index (κ3) is 8.26. The molecule has 12 nitrogen and oxygen atoms in total. The Morgan fingerprint density at radius 3 is 2.40 bits per heavy atom. The average molecular weight is 715 g/mol. The van der Waals surface area contributed by atoms with Gasteiger partial charge < -0.3 is 34.5 Å². The predicted molar refractivity (Wildman–Crippen MR) is 195 cm³/mol. The van der Waals surface area contributed by atoms with Crippen LogP contribution in [0.5, 0.6) is 11.5 Å². The van der Waals surface area contributed by atoms with Crippen LogP contribution in [-0.2, 0) is 23.9 Å². The molecule has 12 heteroatoms. The van der Waals surface area contributed by atoms with E-state index in [-0.39, 0.29) is 18.9 Å². The maximum atomic E-state index is 14.5. The van der Waals surface area contributed by atoms with Crippen molar-refractivity contribution in [2.45, 2.75) is 108 Å². The molecule has 1 aliphatic carbocycles. The number of benzene rings is 2. The molecule has 2 aliphatic heterocycles. The number of fused-ring (bicyclic) bond motifs is 3. The highest BCUT2D eigenvalue weighted by atomic mass is 16.6. The van der Waals surface area contributed by atoms with Crippen molar-refractivity contribution in [3.8, 4) is 22.8 Å². The van der Waals surface area contributed by atoms with Gasteiger partial charge in [0.25, 0.3) is 0 Å². The number of carbonyl (C=O) groups is 4. The summed E-state index contributed by atoms with van der Waals surface area (Å²) >= 11 is 0. The van der Waals surface area contributed by atoms with Crippen molar-refractivity contribution in [3.63, 3.8) is 0 Å². The summed E-state index contributed by atoms with van der Waals surface area (Å²) in [6.45, 7) is 5.37. The molecule has 3 fully saturated rings. The quantitative estimate of drug-likeness (QED) is 0.296. The van der Waals surface area contributed by atoms with Gasteiger partial charge >= 0.3 is 12.1 Å². The van der Waals surface area contributed by atoms with Crippen LogP contribution < -0.4 is 20.1 Å². The first-order valence-corrected chi connectivity index (χ1v) is 18.3. The molecule has 3 aliphatic rings. The lowest BCUT2D eigenvalue weighted by Crippen LogP contribution is -2.56. The van der Waals surface area contributed by atoms with Crippen molar-refractivity contribution in [3.05, 3.63) is 54.6 Å². The van der Waals surface area contributed by atoms with Crippen LogP contribution in [0, 0.1) is 5.92 Å². The molecule has 3 amide bonds. The SMILES string of the molecule is COC(=O)[C@@]12C[C@@H]1CCCCCCC[C@H](NC(=O)OC(C)(C)C)C(=O)N1C[C@H](Oc3cc(-c4ccccc4)nc4cc(OC)ccc34)C[C@H]1C(=O)N2. The number of amides is 3. The molecule has 278 valence electrons. The van der Waals surface area contributed by atoms with Gasteiger partial charge in [-0.25, -0.2) is 14.6 Å². The van der Waals surface area contributed by atoms with Crippen molar-refractivity contribution < 1.29 is 38.1 Å². The van der Waals surface area contributed by atoms with Crippen LogP contribution in [0.3, 0.4) is 0 Å². The Balaban J connectivity index is 1.34. The highest BCUT2D eigenvalue weighted by Crippen LogP contribution is 2.48. The van der Waals surface area contributed by atoms with Crippen molar-refractivity contribution in [2.75, 3.05) is 20.8 Å². The Morgan fingerprint density at radius 2 is 1.69 bits per heavy atom. The van der Waals surface area contributed by atoms with Gasteiger partial charge in [-0.1, -0.05) is 62.4 Å². The number of alkyl carbamates (subject to hydrolysis) is 1. The van der Waals surface area contributed by atoms with Gasteiger partial charge in [-0.15, -0.1) is 0 Å². The topological polar surface area (TPSA) is 145 Å². The number of pyridine rings is 1. The molecule has 3 aromatic rings. The molecule has 3 heterocycles. The average Bonchev–Trinajstić information content (AvgIpc) is 3.65. The van der Waals surface area contributed by atoms with Gasteiger partial charge in [-0.05, 0) is 58.1 Å². The largest absolute Gasteiger partial charge is 0.497 e. The number of rotatable bonds is 6. The van der Waals surface area contributed by atoms with E-state index in [0.29, 0.717) is 42.0 Å². The van der Waals surface area contributed by atoms with E-state index in [1.807, 2.05) is 54.6 Å². The number of methoxy groups -OCH3 is 2. The predicted octanol–water partition coefficient (Wildman–Crippen LogP) is 5.94.